The van der Waals surface area contributed by atoms with E-state index in [0.717, 1.165) is 5.56 Å². The number of methoxy groups -OCH3 is 1. The Morgan fingerprint density at radius 2 is 1.67 bits per heavy atom. The standard InChI is InChI=1S/C25H19ClO4/c1-16(23(27)29-2)22(17-9-5-3-6-10-17)25(18-11-7-4-8-12-18)20-15-19(26)13-14-21(20)30-24(25)28/h3-15,22H,1H2,2H3/t22-,25+/m1/s1. The molecule has 0 aliphatic carbocycles. The summed E-state index contributed by atoms with van der Waals surface area (Å²) in [6, 6.07) is 23.6. The predicted octanol–water partition coefficient (Wildman–Crippen LogP) is 5.06. The van der Waals surface area contributed by atoms with Crippen molar-refractivity contribution < 1.29 is 19.1 Å². The molecule has 1 aliphatic rings. The maximum Gasteiger partial charge on any atom is 0.333 e. The second-order valence-corrected chi connectivity index (χ2v) is 7.50. The average Bonchev–Trinajstić information content (AvgIpc) is 3.06. The van der Waals surface area contributed by atoms with Crippen LogP contribution in [0.25, 0.3) is 0 Å². The molecule has 0 N–H and O–H groups in total. The van der Waals surface area contributed by atoms with Gasteiger partial charge in [-0.3, -0.25) is 4.79 Å². The summed E-state index contributed by atoms with van der Waals surface area (Å²) in [5.41, 5.74) is 0.799. The molecule has 0 spiro atoms. The minimum atomic E-state index is -1.35. The highest BCUT2D eigenvalue weighted by molar-refractivity contribution is 6.30. The van der Waals surface area contributed by atoms with Gasteiger partial charge in [-0.1, -0.05) is 78.8 Å². The van der Waals surface area contributed by atoms with Crippen molar-refractivity contribution in [2.24, 2.45) is 0 Å². The summed E-state index contributed by atoms with van der Waals surface area (Å²) in [5.74, 6) is -1.44. The second kappa shape index (κ2) is 7.81. The van der Waals surface area contributed by atoms with E-state index in [1.807, 2.05) is 60.7 Å². The van der Waals surface area contributed by atoms with Crippen LogP contribution in [-0.2, 0) is 19.7 Å². The van der Waals surface area contributed by atoms with Gasteiger partial charge in [0.25, 0.3) is 0 Å². The Bertz CT molecular complexity index is 1120. The molecule has 0 saturated carbocycles. The van der Waals surface area contributed by atoms with Gasteiger partial charge in [0.05, 0.1) is 7.11 Å². The Morgan fingerprint density at radius 1 is 1.03 bits per heavy atom. The molecule has 3 aromatic rings. The van der Waals surface area contributed by atoms with Gasteiger partial charge in [0, 0.05) is 22.1 Å². The first kappa shape index (κ1) is 19.9. The third-order valence-electron chi connectivity index (χ3n) is 5.48. The van der Waals surface area contributed by atoms with E-state index in [1.54, 1.807) is 18.2 Å². The summed E-state index contributed by atoms with van der Waals surface area (Å²) in [5, 5.41) is 0.461. The van der Waals surface area contributed by atoms with Crippen molar-refractivity contribution in [3.05, 3.63) is 113 Å². The number of rotatable bonds is 5. The average molecular weight is 419 g/mol. The van der Waals surface area contributed by atoms with Crippen LogP contribution in [0.15, 0.2) is 91.0 Å². The lowest BCUT2D eigenvalue weighted by Crippen LogP contribution is -2.43. The Labute approximate surface area is 179 Å². The molecule has 150 valence electrons. The topological polar surface area (TPSA) is 52.6 Å². The molecule has 1 aliphatic heterocycles. The summed E-state index contributed by atoms with van der Waals surface area (Å²) in [7, 11) is 1.29. The SMILES string of the molecule is C=C(C(=O)OC)[C@H](c1ccccc1)[C@@]1(c2ccccc2)C(=O)Oc2ccc(Cl)cc21. The van der Waals surface area contributed by atoms with Crippen LogP contribution in [0.2, 0.25) is 5.02 Å². The summed E-state index contributed by atoms with van der Waals surface area (Å²) in [6.45, 7) is 4.03. The number of carbonyl (C=O) groups excluding carboxylic acids is 2. The zero-order chi connectivity index (χ0) is 21.3. The fourth-order valence-electron chi connectivity index (χ4n) is 4.21. The summed E-state index contributed by atoms with van der Waals surface area (Å²) in [6.07, 6.45) is 0. The van der Waals surface area contributed by atoms with E-state index >= 15 is 0 Å². The number of hydrogen-bond donors (Lipinski definition) is 0. The van der Waals surface area contributed by atoms with E-state index in [-0.39, 0.29) is 5.57 Å². The molecule has 5 heteroatoms. The molecule has 0 fully saturated rings. The van der Waals surface area contributed by atoms with Crippen molar-refractivity contribution in [1.29, 1.82) is 0 Å². The smallest absolute Gasteiger partial charge is 0.333 e. The van der Waals surface area contributed by atoms with Crippen LogP contribution in [0, 0.1) is 0 Å². The van der Waals surface area contributed by atoms with E-state index in [1.165, 1.54) is 7.11 Å². The van der Waals surface area contributed by atoms with Crippen LogP contribution >= 0.6 is 11.6 Å². The van der Waals surface area contributed by atoms with Gasteiger partial charge in [0.15, 0.2) is 0 Å². The fourth-order valence-corrected chi connectivity index (χ4v) is 4.38. The Kier molecular flexibility index (Phi) is 5.18. The number of esters is 2. The van der Waals surface area contributed by atoms with E-state index in [4.69, 9.17) is 21.1 Å². The molecular weight excluding hydrogens is 400 g/mol. The summed E-state index contributed by atoms with van der Waals surface area (Å²) in [4.78, 5) is 26.3. The maximum atomic E-state index is 13.6. The Morgan fingerprint density at radius 3 is 2.30 bits per heavy atom. The summed E-state index contributed by atoms with van der Waals surface area (Å²) < 4.78 is 10.7. The maximum absolute atomic E-state index is 13.6. The number of carbonyl (C=O) groups is 2. The molecule has 2 atom stereocenters. The molecule has 0 aromatic heterocycles. The van der Waals surface area contributed by atoms with Crippen molar-refractivity contribution in [2.45, 2.75) is 11.3 Å². The van der Waals surface area contributed by atoms with Gasteiger partial charge in [-0.2, -0.15) is 0 Å². The number of hydrogen-bond acceptors (Lipinski definition) is 4. The van der Waals surface area contributed by atoms with Gasteiger partial charge < -0.3 is 9.47 Å². The van der Waals surface area contributed by atoms with Crippen LogP contribution in [0.4, 0.5) is 0 Å². The molecule has 3 aromatic carbocycles. The molecule has 0 unspecified atom stereocenters. The first-order valence-corrected chi connectivity index (χ1v) is 9.77. The van der Waals surface area contributed by atoms with Crippen LogP contribution in [-0.4, -0.2) is 19.0 Å². The van der Waals surface area contributed by atoms with E-state index in [0.29, 0.717) is 21.9 Å². The summed E-state index contributed by atoms with van der Waals surface area (Å²) >= 11 is 6.33. The number of benzene rings is 3. The monoisotopic (exact) mass is 418 g/mol. The van der Waals surface area contributed by atoms with Gasteiger partial charge in [-0.15, -0.1) is 0 Å². The van der Waals surface area contributed by atoms with E-state index < -0.39 is 23.3 Å². The highest BCUT2D eigenvalue weighted by atomic mass is 35.5. The highest BCUT2D eigenvalue weighted by Crippen LogP contribution is 2.55. The first-order valence-electron chi connectivity index (χ1n) is 9.40. The Hall–Kier alpha value is -3.37. The molecule has 0 amide bonds. The lowest BCUT2D eigenvalue weighted by Gasteiger charge is -2.36. The third kappa shape index (κ3) is 3.01. The van der Waals surface area contributed by atoms with E-state index in [9.17, 15) is 9.59 Å². The third-order valence-corrected chi connectivity index (χ3v) is 5.72. The molecular formula is C25H19ClO4. The molecule has 0 saturated heterocycles. The normalized spacial score (nSPS) is 18.3. The molecule has 0 radical (unpaired) electrons. The van der Waals surface area contributed by atoms with E-state index in [2.05, 4.69) is 6.58 Å². The van der Waals surface area contributed by atoms with Crippen molar-refractivity contribution in [1.82, 2.24) is 0 Å². The molecule has 30 heavy (non-hydrogen) atoms. The minimum absolute atomic E-state index is 0.150. The van der Waals surface area contributed by atoms with Crippen LogP contribution < -0.4 is 4.74 Å². The van der Waals surface area contributed by atoms with Gasteiger partial charge in [0.2, 0.25) is 0 Å². The predicted molar refractivity (Wildman–Crippen MR) is 115 cm³/mol. The highest BCUT2D eigenvalue weighted by Gasteiger charge is 2.58. The van der Waals surface area contributed by atoms with Crippen molar-refractivity contribution in [2.75, 3.05) is 7.11 Å². The van der Waals surface area contributed by atoms with Crippen LogP contribution in [0.3, 0.4) is 0 Å². The minimum Gasteiger partial charge on any atom is -0.466 e. The fraction of sp³-hybridized carbons (Fsp3) is 0.120. The largest absolute Gasteiger partial charge is 0.466 e. The number of halogens is 1. The molecule has 4 rings (SSSR count). The van der Waals surface area contributed by atoms with Gasteiger partial charge >= 0.3 is 11.9 Å². The first-order chi connectivity index (χ1) is 14.5. The second-order valence-electron chi connectivity index (χ2n) is 7.06. The quantitative estimate of drug-likeness (QED) is 0.330. The van der Waals surface area contributed by atoms with Gasteiger partial charge in [-0.25, -0.2) is 4.79 Å². The number of fused-ring (bicyclic) bond motifs is 1. The Balaban J connectivity index is 2.10. The molecule has 1 heterocycles. The van der Waals surface area contributed by atoms with Crippen LogP contribution in [0.1, 0.15) is 22.6 Å². The van der Waals surface area contributed by atoms with Crippen molar-refractivity contribution in [3.8, 4) is 5.75 Å². The lowest BCUT2D eigenvalue weighted by molar-refractivity contribution is -0.138. The zero-order valence-corrected chi connectivity index (χ0v) is 17.1. The van der Waals surface area contributed by atoms with Gasteiger partial charge in [-0.05, 0) is 29.3 Å². The van der Waals surface area contributed by atoms with Crippen LogP contribution in [0.5, 0.6) is 5.75 Å². The molecule has 0 bridgehead atoms. The zero-order valence-electron chi connectivity index (χ0n) is 16.3. The number of ether oxygens (including phenoxy) is 2. The van der Waals surface area contributed by atoms with Crippen molar-refractivity contribution in [3.63, 3.8) is 0 Å². The molecule has 4 nitrogen and oxygen atoms in total. The lowest BCUT2D eigenvalue weighted by atomic mass is 9.62. The van der Waals surface area contributed by atoms with Crippen molar-refractivity contribution >= 4 is 23.5 Å². The van der Waals surface area contributed by atoms with Gasteiger partial charge in [0.1, 0.15) is 11.2 Å².